The Kier molecular flexibility index (Phi) is 6.64. The zero-order valence-electron chi connectivity index (χ0n) is 16.2. The van der Waals surface area contributed by atoms with Crippen molar-refractivity contribution < 1.29 is 14.3 Å². The molecule has 0 aliphatic carbocycles. The van der Waals surface area contributed by atoms with E-state index in [9.17, 15) is 4.79 Å². The van der Waals surface area contributed by atoms with Gasteiger partial charge < -0.3 is 9.47 Å². The zero-order valence-corrected chi connectivity index (χ0v) is 16.2. The van der Waals surface area contributed by atoms with Gasteiger partial charge in [0.25, 0.3) is 0 Å². The van der Waals surface area contributed by atoms with Crippen molar-refractivity contribution in [3.63, 3.8) is 0 Å². The maximum atomic E-state index is 11.5. The van der Waals surface area contributed by atoms with E-state index in [2.05, 4.69) is 0 Å². The van der Waals surface area contributed by atoms with Crippen LogP contribution in [-0.4, -0.2) is 5.78 Å². The maximum absolute atomic E-state index is 11.5. The predicted octanol–water partition coefficient (Wildman–Crippen LogP) is 5.84. The minimum absolute atomic E-state index is 0.0138. The van der Waals surface area contributed by atoms with Crippen molar-refractivity contribution in [3.05, 3.63) is 102 Å². The van der Waals surface area contributed by atoms with Crippen molar-refractivity contribution in [2.24, 2.45) is 0 Å². The second-order valence-electron chi connectivity index (χ2n) is 6.68. The molecule has 0 aromatic heterocycles. The van der Waals surface area contributed by atoms with Gasteiger partial charge in [0.05, 0.1) is 0 Å². The summed E-state index contributed by atoms with van der Waals surface area (Å²) >= 11 is 0. The van der Waals surface area contributed by atoms with Crippen LogP contribution < -0.4 is 9.47 Å². The molecule has 3 aromatic rings. The summed E-state index contributed by atoms with van der Waals surface area (Å²) in [6.07, 6.45) is 1.62. The summed E-state index contributed by atoms with van der Waals surface area (Å²) in [7, 11) is 0. The molecule has 0 bridgehead atoms. The molecule has 0 spiro atoms. The number of hydrogen-bond acceptors (Lipinski definition) is 3. The number of rotatable bonds is 8. The Morgan fingerprint density at radius 1 is 0.750 bits per heavy atom. The van der Waals surface area contributed by atoms with Crippen LogP contribution in [0.3, 0.4) is 0 Å². The Morgan fingerprint density at radius 2 is 1.21 bits per heavy atom. The van der Waals surface area contributed by atoms with Crippen LogP contribution in [0.4, 0.5) is 0 Å². The van der Waals surface area contributed by atoms with Crippen LogP contribution in [-0.2, 0) is 18.0 Å². The monoisotopic (exact) mass is 372 g/mol. The lowest BCUT2D eigenvalue weighted by Crippen LogP contribution is -1.99. The minimum atomic E-state index is 0.0138. The topological polar surface area (TPSA) is 35.5 Å². The second-order valence-corrected chi connectivity index (χ2v) is 6.68. The van der Waals surface area contributed by atoms with Gasteiger partial charge in [-0.1, -0.05) is 60.7 Å². The summed E-state index contributed by atoms with van der Waals surface area (Å²) in [5.41, 5.74) is 3.97. The van der Waals surface area contributed by atoms with Gasteiger partial charge in [0.15, 0.2) is 5.78 Å². The van der Waals surface area contributed by atoms with Crippen LogP contribution in [0.15, 0.2) is 84.9 Å². The average molecular weight is 372 g/mol. The summed E-state index contributed by atoms with van der Waals surface area (Å²) < 4.78 is 12.0. The van der Waals surface area contributed by atoms with Crippen molar-refractivity contribution in [2.45, 2.75) is 27.1 Å². The normalized spacial score (nSPS) is 11.1. The Labute approximate surface area is 166 Å². The second kappa shape index (κ2) is 9.56. The van der Waals surface area contributed by atoms with E-state index in [4.69, 9.17) is 9.47 Å². The number of allylic oxidation sites excluding steroid dienone is 2. The summed E-state index contributed by atoms with van der Waals surface area (Å²) in [6.45, 7) is 4.40. The first-order valence-corrected chi connectivity index (χ1v) is 9.28. The fourth-order valence-corrected chi connectivity index (χ4v) is 2.84. The van der Waals surface area contributed by atoms with E-state index in [1.54, 1.807) is 13.0 Å². The largest absolute Gasteiger partial charge is 0.489 e. The zero-order chi connectivity index (χ0) is 19.8. The van der Waals surface area contributed by atoms with E-state index in [1.165, 1.54) is 0 Å². The number of carbonyl (C=O) groups excluding carboxylic acids is 1. The van der Waals surface area contributed by atoms with Gasteiger partial charge in [-0.3, -0.25) is 4.79 Å². The Balaban J connectivity index is 1.81. The third-order valence-corrected chi connectivity index (χ3v) is 4.25. The first kappa shape index (κ1) is 19.4. The standard InChI is InChI=1S/C25H24O3/c1-19(13-20(2)26)23-14-24(27-17-21-9-5-3-6-10-21)16-25(15-23)28-18-22-11-7-4-8-12-22/h3-16H,17-18H2,1-2H3/b19-13+. The van der Waals surface area contributed by atoms with Gasteiger partial charge in [-0.25, -0.2) is 0 Å². The van der Waals surface area contributed by atoms with E-state index in [0.29, 0.717) is 24.7 Å². The molecule has 0 unspecified atom stereocenters. The van der Waals surface area contributed by atoms with Crippen molar-refractivity contribution in [3.8, 4) is 11.5 Å². The summed E-state index contributed by atoms with van der Waals surface area (Å²) in [5.74, 6) is 1.43. The third-order valence-electron chi connectivity index (χ3n) is 4.25. The molecule has 0 fully saturated rings. The highest BCUT2D eigenvalue weighted by molar-refractivity contribution is 5.94. The van der Waals surface area contributed by atoms with E-state index in [1.807, 2.05) is 85.8 Å². The molecule has 0 atom stereocenters. The molecule has 3 rings (SSSR count). The molecule has 0 aliphatic rings. The molecule has 0 radical (unpaired) electrons. The number of carbonyl (C=O) groups is 1. The number of ketones is 1. The molecule has 0 aliphatic heterocycles. The fourth-order valence-electron chi connectivity index (χ4n) is 2.84. The van der Waals surface area contributed by atoms with Gasteiger partial charge in [0, 0.05) is 6.07 Å². The highest BCUT2D eigenvalue weighted by Crippen LogP contribution is 2.28. The summed E-state index contributed by atoms with van der Waals surface area (Å²) in [4.78, 5) is 11.5. The van der Waals surface area contributed by atoms with Gasteiger partial charge in [0.2, 0.25) is 0 Å². The molecule has 0 amide bonds. The number of benzene rings is 3. The number of ether oxygens (including phenoxy) is 2. The average Bonchev–Trinajstić information content (AvgIpc) is 2.72. The molecule has 3 heteroatoms. The van der Waals surface area contributed by atoms with Gasteiger partial charge in [0.1, 0.15) is 24.7 Å². The lowest BCUT2D eigenvalue weighted by molar-refractivity contribution is -0.112. The van der Waals surface area contributed by atoms with Crippen molar-refractivity contribution in [1.29, 1.82) is 0 Å². The van der Waals surface area contributed by atoms with Gasteiger partial charge in [-0.2, -0.15) is 0 Å². The van der Waals surface area contributed by atoms with Crippen LogP contribution in [0.25, 0.3) is 5.57 Å². The first-order valence-electron chi connectivity index (χ1n) is 9.28. The Hall–Kier alpha value is -3.33. The molecule has 3 aromatic carbocycles. The fraction of sp³-hybridized carbons (Fsp3) is 0.160. The predicted molar refractivity (Wildman–Crippen MR) is 112 cm³/mol. The smallest absolute Gasteiger partial charge is 0.152 e. The Morgan fingerprint density at radius 3 is 1.64 bits per heavy atom. The highest BCUT2D eigenvalue weighted by atomic mass is 16.5. The molecule has 3 nitrogen and oxygen atoms in total. The van der Waals surface area contributed by atoms with E-state index in [-0.39, 0.29) is 5.78 Å². The quantitative estimate of drug-likeness (QED) is 0.466. The van der Waals surface area contributed by atoms with Crippen LogP contribution in [0.1, 0.15) is 30.5 Å². The third kappa shape index (κ3) is 5.85. The van der Waals surface area contributed by atoms with E-state index in [0.717, 1.165) is 22.3 Å². The molecule has 0 saturated heterocycles. The van der Waals surface area contributed by atoms with Crippen molar-refractivity contribution in [1.82, 2.24) is 0 Å². The SMILES string of the molecule is CC(=O)/C=C(\C)c1cc(OCc2ccccc2)cc(OCc2ccccc2)c1. The molecular weight excluding hydrogens is 348 g/mol. The number of hydrogen-bond donors (Lipinski definition) is 0. The molecule has 142 valence electrons. The first-order chi connectivity index (χ1) is 13.6. The maximum Gasteiger partial charge on any atom is 0.152 e. The van der Waals surface area contributed by atoms with Crippen LogP contribution >= 0.6 is 0 Å². The summed E-state index contributed by atoms with van der Waals surface area (Å²) in [5, 5.41) is 0. The summed E-state index contributed by atoms with van der Waals surface area (Å²) in [6, 6.07) is 25.8. The minimum Gasteiger partial charge on any atom is -0.489 e. The Bertz CT molecular complexity index is 882. The molecule has 28 heavy (non-hydrogen) atoms. The van der Waals surface area contributed by atoms with Crippen LogP contribution in [0, 0.1) is 0 Å². The van der Waals surface area contributed by atoms with Crippen molar-refractivity contribution in [2.75, 3.05) is 0 Å². The molecular formula is C25H24O3. The lowest BCUT2D eigenvalue weighted by Gasteiger charge is -2.13. The van der Waals surface area contributed by atoms with Crippen LogP contribution in [0.2, 0.25) is 0 Å². The molecule has 0 heterocycles. The van der Waals surface area contributed by atoms with Crippen molar-refractivity contribution >= 4 is 11.4 Å². The van der Waals surface area contributed by atoms with Crippen LogP contribution in [0.5, 0.6) is 11.5 Å². The van der Waals surface area contributed by atoms with E-state index >= 15 is 0 Å². The lowest BCUT2D eigenvalue weighted by atomic mass is 10.1. The van der Waals surface area contributed by atoms with Gasteiger partial charge in [-0.15, -0.1) is 0 Å². The van der Waals surface area contributed by atoms with E-state index < -0.39 is 0 Å². The molecule has 0 N–H and O–H groups in total. The van der Waals surface area contributed by atoms with Gasteiger partial charge in [-0.05, 0) is 54.3 Å². The molecule has 0 saturated carbocycles. The van der Waals surface area contributed by atoms with Gasteiger partial charge >= 0.3 is 0 Å². The highest BCUT2D eigenvalue weighted by Gasteiger charge is 2.07.